The Morgan fingerprint density at radius 3 is 2.20 bits per heavy atom. The van der Waals surface area contributed by atoms with Crippen LogP contribution in [0.4, 0.5) is 0 Å². The maximum Gasteiger partial charge on any atom is 0.261 e. The normalized spacial score (nSPS) is 11.6. The monoisotopic (exact) mass is 494 g/mol. The highest BCUT2D eigenvalue weighted by atomic mass is 35.5. The van der Waals surface area contributed by atoms with Gasteiger partial charge < -0.3 is 19.7 Å². The molecule has 6 nitrogen and oxygen atoms in total. The van der Waals surface area contributed by atoms with Crippen molar-refractivity contribution < 1.29 is 19.1 Å². The molecule has 35 heavy (non-hydrogen) atoms. The van der Waals surface area contributed by atoms with E-state index in [1.54, 1.807) is 36.3 Å². The molecule has 0 saturated heterocycles. The van der Waals surface area contributed by atoms with Crippen LogP contribution >= 0.6 is 11.6 Å². The third-order valence-corrected chi connectivity index (χ3v) is 5.79. The van der Waals surface area contributed by atoms with E-state index >= 15 is 0 Å². The topological polar surface area (TPSA) is 67.9 Å². The smallest absolute Gasteiger partial charge is 0.261 e. The van der Waals surface area contributed by atoms with Gasteiger partial charge in [-0.25, -0.2) is 0 Å². The summed E-state index contributed by atoms with van der Waals surface area (Å²) in [5.41, 5.74) is 1.69. The van der Waals surface area contributed by atoms with Gasteiger partial charge in [-0.3, -0.25) is 9.59 Å². The van der Waals surface area contributed by atoms with Gasteiger partial charge >= 0.3 is 0 Å². The molecule has 184 valence electrons. The minimum absolute atomic E-state index is 0.0807. The van der Waals surface area contributed by atoms with E-state index in [2.05, 4.69) is 5.32 Å². The number of amides is 2. The molecular formula is C28H31ClN2O4. The molecule has 2 amide bonds. The summed E-state index contributed by atoms with van der Waals surface area (Å²) >= 11 is 6.43. The van der Waals surface area contributed by atoms with Crippen LogP contribution in [0.15, 0.2) is 78.9 Å². The van der Waals surface area contributed by atoms with Crippen molar-refractivity contribution in [3.05, 3.63) is 95.0 Å². The summed E-state index contributed by atoms with van der Waals surface area (Å²) in [6, 6.07) is 23.2. The number of ether oxygens (including phenoxy) is 2. The van der Waals surface area contributed by atoms with Gasteiger partial charge in [-0.15, -0.1) is 0 Å². The number of methoxy groups -OCH3 is 1. The highest BCUT2D eigenvalue weighted by molar-refractivity contribution is 6.31. The Bertz CT molecular complexity index is 1120. The first-order chi connectivity index (χ1) is 16.9. The summed E-state index contributed by atoms with van der Waals surface area (Å²) in [6.45, 7) is 3.69. The summed E-state index contributed by atoms with van der Waals surface area (Å²) in [6.07, 6.45) is 0.351. The van der Waals surface area contributed by atoms with Crippen molar-refractivity contribution in [3.63, 3.8) is 0 Å². The molecule has 0 fully saturated rings. The average molecular weight is 495 g/mol. The van der Waals surface area contributed by atoms with Crippen LogP contribution in [-0.4, -0.2) is 42.5 Å². The standard InChI is InChI=1S/C28H31ClN2O4/c1-20(2)30-28(33)24(17-21-11-5-4-6-12-21)31(18-22-13-7-8-14-23(22)29)27(32)19-35-26-16-10-9-15-25(26)34-3/h4-16,20,24H,17-19H2,1-3H3,(H,30,33)/t24-/m1/s1. The van der Waals surface area contributed by atoms with Gasteiger partial charge in [0, 0.05) is 24.0 Å². The molecule has 3 aromatic carbocycles. The number of hydrogen-bond acceptors (Lipinski definition) is 4. The highest BCUT2D eigenvalue weighted by Crippen LogP contribution is 2.26. The average Bonchev–Trinajstić information content (AvgIpc) is 2.86. The number of carbonyl (C=O) groups is 2. The van der Waals surface area contributed by atoms with Gasteiger partial charge in [0.25, 0.3) is 5.91 Å². The fourth-order valence-electron chi connectivity index (χ4n) is 3.71. The SMILES string of the molecule is COc1ccccc1OCC(=O)N(Cc1ccccc1Cl)[C@H](Cc1ccccc1)C(=O)NC(C)C. The molecule has 0 radical (unpaired) electrons. The molecule has 1 atom stereocenters. The van der Waals surface area contributed by atoms with E-state index in [0.717, 1.165) is 11.1 Å². The van der Waals surface area contributed by atoms with E-state index in [4.69, 9.17) is 21.1 Å². The maximum absolute atomic E-state index is 13.6. The molecule has 0 aliphatic carbocycles. The van der Waals surface area contributed by atoms with Gasteiger partial charge in [0.2, 0.25) is 5.91 Å². The second kappa shape index (κ2) is 12.8. The van der Waals surface area contributed by atoms with E-state index in [0.29, 0.717) is 22.9 Å². The Kier molecular flexibility index (Phi) is 9.56. The molecule has 7 heteroatoms. The molecule has 0 bridgehead atoms. The van der Waals surface area contributed by atoms with Crippen LogP contribution in [0, 0.1) is 0 Å². The second-order valence-electron chi connectivity index (χ2n) is 8.42. The van der Waals surface area contributed by atoms with Crippen LogP contribution < -0.4 is 14.8 Å². The van der Waals surface area contributed by atoms with Crippen molar-refractivity contribution in [1.29, 1.82) is 0 Å². The molecule has 0 aliphatic heterocycles. The van der Waals surface area contributed by atoms with Crippen molar-refractivity contribution in [1.82, 2.24) is 10.2 Å². The predicted octanol–water partition coefficient (Wildman–Crippen LogP) is 4.89. The largest absolute Gasteiger partial charge is 0.493 e. The third-order valence-electron chi connectivity index (χ3n) is 5.42. The summed E-state index contributed by atoms with van der Waals surface area (Å²) in [5.74, 6) is 0.404. The number of halogens is 1. The molecule has 0 heterocycles. The van der Waals surface area contributed by atoms with Crippen LogP contribution in [0.1, 0.15) is 25.0 Å². The summed E-state index contributed by atoms with van der Waals surface area (Å²) < 4.78 is 11.1. The van der Waals surface area contributed by atoms with Crippen molar-refractivity contribution >= 4 is 23.4 Å². The molecular weight excluding hydrogens is 464 g/mol. The molecule has 0 unspecified atom stereocenters. The third kappa shape index (κ3) is 7.49. The number of benzene rings is 3. The number of nitrogens with one attached hydrogen (secondary N) is 1. The molecule has 3 aromatic rings. The van der Waals surface area contributed by atoms with Gasteiger partial charge in [0.05, 0.1) is 7.11 Å². The number of rotatable bonds is 11. The zero-order valence-electron chi connectivity index (χ0n) is 20.2. The van der Waals surface area contributed by atoms with Gasteiger partial charge in [-0.2, -0.15) is 0 Å². The number of hydrogen-bond donors (Lipinski definition) is 1. The Labute approximate surface area is 211 Å². The van der Waals surface area contributed by atoms with Crippen molar-refractivity contribution in [3.8, 4) is 11.5 Å². The van der Waals surface area contributed by atoms with Crippen LogP contribution in [0.25, 0.3) is 0 Å². The van der Waals surface area contributed by atoms with Crippen LogP contribution in [-0.2, 0) is 22.6 Å². The molecule has 0 spiro atoms. The van der Waals surface area contributed by atoms with Gasteiger partial charge in [0.1, 0.15) is 6.04 Å². The molecule has 0 saturated carbocycles. The van der Waals surface area contributed by atoms with E-state index in [-0.39, 0.29) is 31.0 Å². The predicted molar refractivity (Wildman–Crippen MR) is 138 cm³/mol. The lowest BCUT2D eigenvalue weighted by Crippen LogP contribution is -2.52. The highest BCUT2D eigenvalue weighted by Gasteiger charge is 2.31. The Morgan fingerprint density at radius 1 is 0.914 bits per heavy atom. The Morgan fingerprint density at radius 2 is 1.54 bits per heavy atom. The zero-order chi connectivity index (χ0) is 25.2. The first-order valence-corrected chi connectivity index (χ1v) is 11.9. The lowest BCUT2D eigenvalue weighted by atomic mass is 10.0. The molecule has 1 N–H and O–H groups in total. The molecule has 3 rings (SSSR count). The molecule has 0 aliphatic rings. The fraction of sp³-hybridized carbons (Fsp3) is 0.286. The quantitative estimate of drug-likeness (QED) is 0.412. The van der Waals surface area contributed by atoms with Crippen LogP contribution in [0.3, 0.4) is 0 Å². The maximum atomic E-state index is 13.6. The fourth-order valence-corrected chi connectivity index (χ4v) is 3.90. The second-order valence-corrected chi connectivity index (χ2v) is 8.83. The number of para-hydroxylation sites is 2. The van der Waals surface area contributed by atoms with Crippen molar-refractivity contribution in [2.75, 3.05) is 13.7 Å². The van der Waals surface area contributed by atoms with Gasteiger partial charge in [-0.05, 0) is 43.2 Å². The minimum Gasteiger partial charge on any atom is -0.493 e. The first-order valence-electron chi connectivity index (χ1n) is 11.5. The zero-order valence-corrected chi connectivity index (χ0v) is 21.0. The van der Waals surface area contributed by atoms with E-state index < -0.39 is 6.04 Å². The lowest BCUT2D eigenvalue weighted by molar-refractivity contribution is -0.143. The van der Waals surface area contributed by atoms with E-state index in [1.165, 1.54) is 0 Å². The summed E-state index contributed by atoms with van der Waals surface area (Å²) in [7, 11) is 1.54. The van der Waals surface area contributed by atoms with E-state index in [9.17, 15) is 9.59 Å². The lowest BCUT2D eigenvalue weighted by Gasteiger charge is -2.32. The van der Waals surface area contributed by atoms with Crippen LogP contribution in [0.2, 0.25) is 5.02 Å². The van der Waals surface area contributed by atoms with Gasteiger partial charge in [0.15, 0.2) is 18.1 Å². The minimum atomic E-state index is -0.759. The Hall–Kier alpha value is -3.51. The Balaban J connectivity index is 1.93. The van der Waals surface area contributed by atoms with Crippen molar-refractivity contribution in [2.45, 2.75) is 38.9 Å². The van der Waals surface area contributed by atoms with Crippen LogP contribution in [0.5, 0.6) is 11.5 Å². The summed E-state index contributed by atoms with van der Waals surface area (Å²) in [5, 5.41) is 3.49. The first kappa shape index (κ1) is 26.1. The number of carbonyl (C=O) groups excluding carboxylic acids is 2. The van der Waals surface area contributed by atoms with Crippen molar-refractivity contribution in [2.24, 2.45) is 0 Å². The summed E-state index contributed by atoms with van der Waals surface area (Å²) in [4.78, 5) is 28.5. The van der Waals surface area contributed by atoms with E-state index in [1.807, 2.05) is 68.4 Å². The molecule has 0 aromatic heterocycles. The van der Waals surface area contributed by atoms with Gasteiger partial charge in [-0.1, -0.05) is 72.3 Å². The number of nitrogens with zero attached hydrogens (tertiary/aromatic N) is 1.